The average molecular weight is 374 g/mol. The van der Waals surface area contributed by atoms with E-state index in [1.807, 2.05) is 30.3 Å². The Morgan fingerprint density at radius 3 is 2.27 bits per heavy atom. The summed E-state index contributed by atoms with van der Waals surface area (Å²) in [7, 11) is 1.58. The van der Waals surface area contributed by atoms with Crippen LogP contribution in [0.25, 0.3) is 0 Å². The molecular weight excluding hydrogens is 346 g/mol. The fourth-order valence-corrected chi connectivity index (χ4v) is 2.69. The number of hydrogen-bond donors (Lipinski definition) is 1. The Morgan fingerprint density at radius 1 is 1.04 bits per heavy atom. The molecule has 0 spiro atoms. The van der Waals surface area contributed by atoms with Gasteiger partial charge in [0.1, 0.15) is 24.0 Å². The number of ether oxygens (including phenoxy) is 3. The highest BCUT2D eigenvalue weighted by Crippen LogP contribution is 2.31. The van der Waals surface area contributed by atoms with Gasteiger partial charge in [0.2, 0.25) is 0 Å². The van der Waals surface area contributed by atoms with Crippen molar-refractivity contribution in [1.29, 1.82) is 0 Å². The van der Waals surface area contributed by atoms with Crippen molar-refractivity contribution in [1.82, 2.24) is 0 Å². The van der Waals surface area contributed by atoms with Crippen molar-refractivity contribution in [3.05, 3.63) is 53.6 Å². The van der Waals surface area contributed by atoms with E-state index in [2.05, 4.69) is 32.9 Å². The number of rotatable bonds is 9. The second-order valence-electron chi connectivity index (χ2n) is 6.66. The number of hydrogen-bond acceptors (Lipinski definition) is 4. The second-order valence-corrected chi connectivity index (χ2v) is 7.10. The van der Waals surface area contributed by atoms with Crippen LogP contribution in [-0.4, -0.2) is 25.3 Å². The maximum Gasteiger partial charge on any atom is 0.171 e. The molecular formula is C21H27NO3S. The summed E-state index contributed by atoms with van der Waals surface area (Å²) in [5.41, 5.74) is 7.89. The van der Waals surface area contributed by atoms with Crippen molar-refractivity contribution in [3.63, 3.8) is 0 Å². The molecule has 2 aromatic carbocycles. The first-order valence-corrected chi connectivity index (χ1v) is 9.13. The third-order valence-electron chi connectivity index (χ3n) is 4.58. The van der Waals surface area contributed by atoms with Crippen molar-refractivity contribution in [2.75, 3.05) is 20.3 Å². The molecule has 0 radical (unpaired) electrons. The van der Waals surface area contributed by atoms with E-state index in [9.17, 15) is 0 Å². The molecule has 0 aliphatic heterocycles. The van der Waals surface area contributed by atoms with E-state index in [0.717, 1.165) is 12.2 Å². The molecule has 140 valence electrons. The van der Waals surface area contributed by atoms with Gasteiger partial charge in [0.25, 0.3) is 0 Å². The minimum absolute atomic E-state index is 0.169. The van der Waals surface area contributed by atoms with Crippen LogP contribution >= 0.6 is 12.2 Å². The first kappa shape index (κ1) is 20.0. The smallest absolute Gasteiger partial charge is 0.171 e. The Hall–Kier alpha value is -2.27. The maximum absolute atomic E-state index is 5.82. The Labute approximate surface area is 161 Å². The molecule has 0 atom stereocenters. The van der Waals surface area contributed by atoms with E-state index in [1.54, 1.807) is 7.11 Å². The number of benzene rings is 2. The van der Waals surface area contributed by atoms with Crippen LogP contribution in [0.1, 0.15) is 38.3 Å². The van der Waals surface area contributed by atoms with Gasteiger partial charge in [-0.25, -0.2) is 0 Å². The lowest BCUT2D eigenvalue weighted by molar-refractivity contribution is 0.211. The summed E-state index contributed by atoms with van der Waals surface area (Å²) in [5, 5.41) is 0. The number of para-hydroxylation sites is 1. The Bertz CT molecular complexity index is 741. The lowest BCUT2D eigenvalue weighted by Crippen LogP contribution is -2.16. The van der Waals surface area contributed by atoms with Crippen LogP contribution in [0, 0.1) is 0 Å². The fourth-order valence-electron chi connectivity index (χ4n) is 2.53. The van der Waals surface area contributed by atoms with E-state index in [1.165, 1.54) is 5.56 Å². The first-order chi connectivity index (χ1) is 12.4. The molecule has 0 fully saturated rings. The van der Waals surface area contributed by atoms with Crippen LogP contribution in [0.2, 0.25) is 0 Å². The summed E-state index contributed by atoms with van der Waals surface area (Å²) in [6.07, 6.45) is 1.09. The van der Waals surface area contributed by atoms with E-state index in [0.29, 0.717) is 30.3 Å². The summed E-state index contributed by atoms with van der Waals surface area (Å²) in [5.74, 6) is 1.96. The molecule has 0 heterocycles. The average Bonchev–Trinajstić information content (AvgIpc) is 2.65. The highest BCUT2D eigenvalue weighted by molar-refractivity contribution is 7.80. The third-order valence-corrected chi connectivity index (χ3v) is 4.80. The maximum atomic E-state index is 5.82. The van der Waals surface area contributed by atoms with Crippen molar-refractivity contribution in [2.45, 2.75) is 32.6 Å². The Morgan fingerprint density at radius 2 is 1.69 bits per heavy atom. The molecule has 4 nitrogen and oxygen atoms in total. The van der Waals surface area contributed by atoms with Gasteiger partial charge in [-0.15, -0.1) is 0 Å². The molecule has 26 heavy (non-hydrogen) atoms. The SMILES string of the molecule is CCC(C)(C)c1ccc(OCCOc2c(OC)cccc2C(N)=S)cc1. The molecule has 2 aromatic rings. The van der Waals surface area contributed by atoms with Gasteiger partial charge in [0.05, 0.1) is 12.7 Å². The van der Waals surface area contributed by atoms with Gasteiger partial charge < -0.3 is 19.9 Å². The van der Waals surface area contributed by atoms with Gasteiger partial charge >= 0.3 is 0 Å². The Kier molecular flexibility index (Phi) is 6.86. The first-order valence-electron chi connectivity index (χ1n) is 8.72. The highest BCUT2D eigenvalue weighted by Gasteiger charge is 2.17. The molecule has 0 bridgehead atoms. The van der Waals surface area contributed by atoms with Crippen LogP contribution in [0.15, 0.2) is 42.5 Å². The molecule has 0 amide bonds. The molecule has 0 aliphatic carbocycles. The van der Waals surface area contributed by atoms with Crippen LogP contribution in [0.4, 0.5) is 0 Å². The summed E-state index contributed by atoms with van der Waals surface area (Å²) in [6.45, 7) is 7.44. The van der Waals surface area contributed by atoms with Crippen LogP contribution < -0.4 is 19.9 Å². The normalized spacial score (nSPS) is 11.1. The summed E-state index contributed by atoms with van der Waals surface area (Å²) in [6, 6.07) is 13.7. The monoisotopic (exact) mass is 373 g/mol. The van der Waals surface area contributed by atoms with Crippen molar-refractivity contribution >= 4 is 17.2 Å². The molecule has 0 saturated heterocycles. The standard InChI is InChI=1S/C21H27NO3S/c1-5-21(2,3)15-9-11-16(12-10-15)24-13-14-25-19-17(20(22)26)7-6-8-18(19)23-4/h6-12H,5,13-14H2,1-4H3,(H2,22,26). The molecule has 0 unspecified atom stereocenters. The highest BCUT2D eigenvalue weighted by atomic mass is 32.1. The van der Waals surface area contributed by atoms with Crippen LogP contribution in [0.3, 0.4) is 0 Å². The van der Waals surface area contributed by atoms with Crippen molar-refractivity contribution in [2.24, 2.45) is 5.73 Å². The van der Waals surface area contributed by atoms with Gasteiger partial charge in [-0.05, 0) is 41.7 Å². The van der Waals surface area contributed by atoms with Gasteiger partial charge in [-0.1, -0.05) is 51.2 Å². The topological polar surface area (TPSA) is 53.7 Å². The molecule has 0 saturated carbocycles. The molecule has 5 heteroatoms. The zero-order valence-corrected chi connectivity index (χ0v) is 16.7. The zero-order valence-electron chi connectivity index (χ0n) is 15.9. The van der Waals surface area contributed by atoms with E-state index in [4.69, 9.17) is 32.2 Å². The van der Waals surface area contributed by atoms with Crippen molar-refractivity contribution in [3.8, 4) is 17.2 Å². The van der Waals surface area contributed by atoms with E-state index < -0.39 is 0 Å². The fraction of sp³-hybridized carbons (Fsp3) is 0.381. The quantitative estimate of drug-likeness (QED) is 0.519. The number of nitrogens with two attached hydrogens (primary N) is 1. The van der Waals surface area contributed by atoms with Gasteiger partial charge in [-0.3, -0.25) is 0 Å². The van der Waals surface area contributed by atoms with Crippen molar-refractivity contribution < 1.29 is 14.2 Å². The molecule has 2 N–H and O–H groups in total. The summed E-state index contributed by atoms with van der Waals surface area (Å²) in [4.78, 5) is 0.272. The molecule has 0 aromatic heterocycles. The number of methoxy groups -OCH3 is 1. The lowest BCUT2D eigenvalue weighted by atomic mass is 9.82. The Balaban J connectivity index is 1.94. The third kappa shape index (κ3) is 4.88. The van der Waals surface area contributed by atoms with Crippen LogP contribution in [-0.2, 0) is 5.41 Å². The predicted octanol–water partition coefficient (Wildman–Crippen LogP) is 4.47. The van der Waals surface area contributed by atoms with Crippen LogP contribution in [0.5, 0.6) is 17.2 Å². The predicted molar refractivity (Wildman–Crippen MR) is 110 cm³/mol. The molecule has 2 rings (SSSR count). The summed E-state index contributed by atoms with van der Waals surface area (Å²) < 4.78 is 16.9. The molecule has 0 aliphatic rings. The zero-order chi connectivity index (χ0) is 19.2. The largest absolute Gasteiger partial charge is 0.493 e. The van der Waals surface area contributed by atoms with E-state index in [-0.39, 0.29) is 10.4 Å². The van der Waals surface area contributed by atoms with Gasteiger partial charge in [-0.2, -0.15) is 0 Å². The van der Waals surface area contributed by atoms with E-state index >= 15 is 0 Å². The van der Waals surface area contributed by atoms with Gasteiger partial charge in [0.15, 0.2) is 11.5 Å². The lowest BCUT2D eigenvalue weighted by Gasteiger charge is -2.23. The minimum atomic E-state index is 0.169. The number of thiocarbonyl (C=S) groups is 1. The minimum Gasteiger partial charge on any atom is -0.493 e. The second kappa shape index (κ2) is 8.90. The van der Waals surface area contributed by atoms with Gasteiger partial charge in [0, 0.05) is 0 Å². The summed E-state index contributed by atoms with van der Waals surface area (Å²) >= 11 is 5.08.